The number of phosphoric acid groups is 3. The Labute approximate surface area is 388 Å². The number of imidazole rings is 1. The number of aliphatic hydroxyl groups excluding tert-OH is 2. The zero-order valence-electron chi connectivity index (χ0n) is 37.6. The molecule has 10 N–H and O–H groups in total. The third kappa shape index (κ3) is 20.9. The van der Waals surface area contributed by atoms with Gasteiger partial charge in [0, 0.05) is 30.7 Å². The average molecular weight is 1020 g/mol. The van der Waals surface area contributed by atoms with Gasteiger partial charge in [0.25, 0.3) is 0 Å². The van der Waals surface area contributed by atoms with Gasteiger partial charge in [0.05, 0.1) is 19.5 Å². The number of amides is 2. The molecule has 1 saturated heterocycles. The van der Waals surface area contributed by atoms with E-state index in [9.17, 15) is 57.9 Å². The van der Waals surface area contributed by atoms with E-state index in [0.29, 0.717) is 5.75 Å². The van der Waals surface area contributed by atoms with Gasteiger partial charge in [-0.1, -0.05) is 103 Å². The third-order valence-electron chi connectivity index (χ3n) is 10.2. The van der Waals surface area contributed by atoms with Crippen molar-refractivity contribution in [1.82, 2.24) is 30.2 Å². The summed E-state index contributed by atoms with van der Waals surface area (Å²) >= 11 is 1.07. The fourth-order valence-corrected chi connectivity index (χ4v) is 9.99. The molecule has 1 fully saturated rings. The zero-order valence-corrected chi connectivity index (χ0v) is 41.1. The molecule has 3 heterocycles. The van der Waals surface area contributed by atoms with Crippen LogP contribution in [0.1, 0.15) is 111 Å². The molecule has 24 nitrogen and oxygen atoms in total. The van der Waals surface area contributed by atoms with Crippen LogP contribution in [0.15, 0.2) is 24.8 Å². The van der Waals surface area contributed by atoms with E-state index in [-0.39, 0.29) is 41.6 Å². The SMILES string of the molecule is CC(C)CCCCCCCCCCC/C=C/C(=O)SCCNC(=O)CCNC(=O)[C@H](O)C(C)(C)COP(=O)(O)OP(=O)(O)OC[C@H]1O[C@@H](n2cnc3c(N)ncnc32)[C@H](O)[C@@H]1OP(=O)(O)O. The van der Waals surface area contributed by atoms with E-state index in [2.05, 4.69) is 48.3 Å². The largest absolute Gasteiger partial charge is 0.481 e. The van der Waals surface area contributed by atoms with Crippen LogP contribution >= 0.6 is 35.2 Å². The van der Waals surface area contributed by atoms with Crippen LogP contribution in [0.3, 0.4) is 0 Å². The molecule has 3 rings (SSSR count). The van der Waals surface area contributed by atoms with Crippen molar-refractivity contribution in [1.29, 1.82) is 0 Å². The molecule has 2 aromatic rings. The Morgan fingerprint density at radius 1 is 0.939 bits per heavy atom. The van der Waals surface area contributed by atoms with E-state index < -0.39 is 84.6 Å². The molecular weight excluding hydrogens is 951 g/mol. The molecule has 2 unspecified atom stereocenters. The van der Waals surface area contributed by atoms with Crippen molar-refractivity contribution < 1.29 is 80.5 Å². The fourth-order valence-electron chi connectivity index (χ4n) is 6.56. The number of carbonyl (C=O) groups is 3. The lowest BCUT2D eigenvalue weighted by atomic mass is 9.87. The molecule has 2 aromatic heterocycles. The van der Waals surface area contributed by atoms with Crippen molar-refractivity contribution in [2.45, 2.75) is 135 Å². The molecule has 2 amide bonds. The number of allylic oxidation sites excluding steroid dienone is 1. The molecule has 1 aliphatic rings. The number of nitrogens with one attached hydrogen (secondary N) is 2. The molecule has 7 atom stereocenters. The minimum Gasteiger partial charge on any atom is -0.386 e. The van der Waals surface area contributed by atoms with Crippen LogP contribution in [-0.2, 0) is 50.7 Å². The normalized spacial score (nSPS) is 20.4. The lowest BCUT2D eigenvalue weighted by Gasteiger charge is -2.30. The smallest absolute Gasteiger partial charge is 0.386 e. The Morgan fingerprint density at radius 3 is 2.23 bits per heavy atom. The van der Waals surface area contributed by atoms with Crippen LogP contribution in [0.4, 0.5) is 5.82 Å². The number of carbonyl (C=O) groups excluding carboxylic acids is 3. The predicted octanol–water partition coefficient (Wildman–Crippen LogP) is 4.17. The van der Waals surface area contributed by atoms with Crippen LogP contribution in [-0.4, -0.2) is 123 Å². The van der Waals surface area contributed by atoms with Crippen LogP contribution in [0.2, 0.25) is 0 Å². The van der Waals surface area contributed by atoms with Crippen molar-refractivity contribution in [3.8, 4) is 0 Å². The van der Waals surface area contributed by atoms with E-state index in [1.165, 1.54) is 65.2 Å². The van der Waals surface area contributed by atoms with Crippen LogP contribution in [0, 0.1) is 11.3 Å². The molecule has 1 aliphatic heterocycles. The number of anilines is 1. The molecule has 0 spiro atoms. The van der Waals surface area contributed by atoms with Crippen molar-refractivity contribution in [2.75, 3.05) is 37.8 Å². The summed E-state index contributed by atoms with van der Waals surface area (Å²) in [5.41, 5.74) is 4.28. The maximum absolute atomic E-state index is 12.7. The number of nitrogens with two attached hydrogens (primary N) is 1. The average Bonchev–Trinajstić information content (AvgIpc) is 3.79. The lowest BCUT2D eigenvalue weighted by molar-refractivity contribution is -0.137. The first-order chi connectivity index (χ1) is 30.9. The molecule has 0 aliphatic carbocycles. The standard InChI is InChI=1S/C38H66N7O17P3S/c1-26(2)16-14-12-10-8-6-5-7-9-11-13-15-17-29(47)66-21-20-40-28(46)18-19-41-36(50)33(49)38(3,4)23-59-65(56,57)62-64(54,55)58-22-27-32(61-63(51,52)53)31(48)37(60-27)45-25-44-30-34(39)42-24-43-35(30)45/h15,17,24-27,31-33,37,48-49H,5-14,16,18-23H2,1-4H3,(H,40,46)(H,41,50)(H,54,55)(H,56,57)(H2,39,42,43)(H2,51,52,53)/b17-15+/t27-,31-,32-,33+,37-/m1/s1. The topological polar surface area (TPSA) is 364 Å². The number of hydrogen-bond acceptors (Lipinski definition) is 18. The number of unbranched alkanes of at least 4 members (excludes halogenated alkanes) is 9. The highest BCUT2D eigenvalue weighted by molar-refractivity contribution is 8.14. The quantitative estimate of drug-likeness (QED) is 0.0282. The number of aromatic nitrogens is 4. The van der Waals surface area contributed by atoms with Gasteiger partial charge in [-0.05, 0) is 24.8 Å². The second-order valence-corrected chi connectivity index (χ2v) is 22.1. The van der Waals surface area contributed by atoms with Gasteiger partial charge in [0.2, 0.25) is 16.9 Å². The molecule has 0 bridgehead atoms. The van der Waals surface area contributed by atoms with Gasteiger partial charge in [-0.2, -0.15) is 4.31 Å². The highest BCUT2D eigenvalue weighted by atomic mass is 32.2. The number of rotatable bonds is 32. The fraction of sp³-hybridized carbons (Fsp3) is 0.737. The summed E-state index contributed by atoms with van der Waals surface area (Å²) in [6.07, 6.45) is 9.81. The highest BCUT2D eigenvalue weighted by Crippen LogP contribution is 2.61. The highest BCUT2D eigenvalue weighted by Gasteiger charge is 2.50. The van der Waals surface area contributed by atoms with Crippen molar-refractivity contribution in [2.24, 2.45) is 11.3 Å². The van der Waals surface area contributed by atoms with E-state index >= 15 is 0 Å². The van der Waals surface area contributed by atoms with E-state index in [1.807, 2.05) is 6.08 Å². The second-order valence-electron chi connectivity index (χ2n) is 16.8. The second kappa shape index (κ2) is 27.5. The van der Waals surface area contributed by atoms with Crippen LogP contribution < -0.4 is 16.4 Å². The molecule has 28 heteroatoms. The van der Waals surface area contributed by atoms with E-state index in [4.69, 9.17) is 19.5 Å². The van der Waals surface area contributed by atoms with Gasteiger partial charge >= 0.3 is 23.5 Å². The monoisotopic (exact) mass is 1020 g/mol. The number of aliphatic hydroxyl groups is 2. The van der Waals surface area contributed by atoms with Gasteiger partial charge < -0.3 is 50.9 Å². The predicted molar refractivity (Wildman–Crippen MR) is 242 cm³/mol. The van der Waals surface area contributed by atoms with Crippen molar-refractivity contribution in [3.05, 3.63) is 24.8 Å². The molecule has 0 radical (unpaired) electrons. The number of phosphoric ester groups is 3. The summed E-state index contributed by atoms with van der Waals surface area (Å²) in [6, 6.07) is 0. The lowest BCUT2D eigenvalue weighted by Crippen LogP contribution is -2.46. The van der Waals surface area contributed by atoms with Crippen LogP contribution in [0.25, 0.3) is 11.2 Å². The molecule has 66 heavy (non-hydrogen) atoms. The summed E-state index contributed by atoms with van der Waals surface area (Å²) in [6.45, 7) is 5.04. The summed E-state index contributed by atoms with van der Waals surface area (Å²) in [5.74, 6) is -0.316. The Bertz CT molecular complexity index is 2040. The van der Waals surface area contributed by atoms with E-state index in [1.54, 1.807) is 6.08 Å². The molecule has 0 aromatic carbocycles. The van der Waals surface area contributed by atoms with Gasteiger partial charge in [-0.3, -0.25) is 32.5 Å². The Kier molecular flexibility index (Phi) is 24.0. The molecule has 376 valence electrons. The molecular formula is C38H66N7O17P3S. The first-order valence-electron chi connectivity index (χ1n) is 21.6. The Morgan fingerprint density at radius 2 is 1.58 bits per heavy atom. The van der Waals surface area contributed by atoms with Crippen molar-refractivity contribution in [3.63, 3.8) is 0 Å². The summed E-state index contributed by atoms with van der Waals surface area (Å²) in [7, 11) is -16.4. The summed E-state index contributed by atoms with van der Waals surface area (Å²) in [4.78, 5) is 88.2. The number of nitrogen functional groups attached to an aromatic ring is 1. The third-order valence-corrected chi connectivity index (χ3v) is 14.1. The van der Waals surface area contributed by atoms with Crippen molar-refractivity contribution >= 4 is 69.1 Å². The first-order valence-corrected chi connectivity index (χ1v) is 27.1. The summed E-state index contributed by atoms with van der Waals surface area (Å²) in [5, 5.41) is 26.4. The Balaban J connectivity index is 1.33. The number of fused-ring (bicyclic) bond motifs is 1. The first kappa shape index (κ1) is 57.6. The Hall–Kier alpha value is -2.70. The van der Waals surface area contributed by atoms with Gasteiger partial charge in [0.1, 0.15) is 36.3 Å². The van der Waals surface area contributed by atoms with Gasteiger partial charge in [0.15, 0.2) is 17.7 Å². The molecule has 0 saturated carbocycles. The number of nitrogens with zero attached hydrogens (tertiary/aromatic N) is 4. The number of ether oxygens (including phenoxy) is 1. The number of thioether (sulfide) groups is 1. The van der Waals surface area contributed by atoms with E-state index in [0.717, 1.165) is 54.2 Å². The maximum atomic E-state index is 12.7. The zero-order chi connectivity index (χ0) is 49.1. The minimum atomic E-state index is -5.58. The van der Waals surface area contributed by atoms with Gasteiger partial charge in [-0.15, -0.1) is 0 Å². The number of hydrogen-bond donors (Lipinski definition) is 9. The summed E-state index contributed by atoms with van der Waals surface area (Å²) < 4.78 is 62.4. The maximum Gasteiger partial charge on any atom is 0.481 e. The van der Waals surface area contributed by atoms with Crippen LogP contribution in [0.5, 0.6) is 0 Å². The van der Waals surface area contributed by atoms with Gasteiger partial charge in [-0.25, -0.2) is 28.6 Å². The minimum absolute atomic E-state index is 0.0321.